The normalized spacial score (nSPS) is 23.1. The summed E-state index contributed by atoms with van der Waals surface area (Å²) in [4.78, 5) is 0. The number of aliphatic hydroxyl groups is 1. The van der Waals surface area contributed by atoms with Crippen molar-refractivity contribution < 1.29 is 5.11 Å². The van der Waals surface area contributed by atoms with Gasteiger partial charge in [-0.2, -0.15) is 0 Å². The number of hydrogen-bond donors (Lipinski definition) is 2. The zero-order chi connectivity index (χ0) is 10.6. The fourth-order valence-corrected chi connectivity index (χ4v) is 2.16. The second-order valence-electron chi connectivity index (χ2n) is 5.04. The smallest absolute Gasteiger partial charge is 0.0613 e. The van der Waals surface area contributed by atoms with Crippen LogP contribution in [-0.4, -0.2) is 23.3 Å². The highest BCUT2D eigenvalue weighted by Gasteiger charge is 2.41. The first-order valence-corrected chi connectivity index (χ1v) is 6.01. The Hall–Kier alpha value is -0.0800. The number of hydrogen-bond acceptors (Lipinski definition) is 2. The molecule has 2 nitrogen and oxygen atoms in total. The standard InChI is InChI=1S/C12H25NO/c1-4-5-6-10(2)13-12(3,9-14)11-7-8-11/h10-11,13-14H,4-9H2,1-3H3. The SMILES string of the molecule is CCCCC(C)NC(C)(CO)C1CC1. The Morgan fingerprint density at radius 3 is 2.57 bits per heavy atom. The van der Waals surface area contributed by atoms with E-state index in [-0.39, 0.29) is 12.1 Å². The highest BCUT2D eigenvalue weighted by Crippen LogP contribution is 2.39. The average molecular weight is 199 g/mol. The molecule has 1 aliphatic rings. The Balaban J connectivity index is 2.31. The van der Waals surface area contributed by atoms with Crippen LogP contribution in [0, 0.1) is 5.92 Å². The van der Waals surface area contributed by atoms with E-state index in [2.05, 4.69) is 26.1 Å². The molecule has 0 aromatic carbocycles. The Bertz CT molecular complexity index is 168. The Kier molecular flexibility index (Phi) is 4.39. The summed E-state index contributed by atoms with van der Waals surface area (Å²) in [6.07, 6.45) is 6.32. The van der Waals surface area contributed by atoms with E-state index < -0.39 is 0 Å². The highest BCUT2D eigenvalue weighted by molar-refractivity contribution is 4.98. The fourth-order valence-electron chi connectivity index (χ4n) is 2.16. The molecule has 0 aliphatic heterocycles. The first kappa shape index (κ1) is 12.0. The van der Waals surface area contributed by atoms with E-state index in [0.717, 1.165) is 0 Å². The second-order valence-corrected chi connectivity index (χ2v) is 5.04. The summed E-state index contributed by atoms with van der Waals surface area (Å²) in [5.74, 6) is 0.705. The summed E-state index contributed by atoms with van der Waals surface area (Å²) in [5, 5.41) is 13.0. The van der Waals surface area contributed by atoms with Crippen LogP contribution in [0.4, 0.5) is 0 Å². The molecule has 0 radical (unpaired) electrons. The third-order valence-electron chi connectivity index (χ3n) is 3.37. The predicted octanol–water partition coefficient (Wildman–Crippen LogP) is 2.32. The molecule has 2 N–H and O–H groups in total. The molecule has 1 fully saturated rings. The molecule has 14 heavy (non-hydrogen) atoms. The Morgan fingerprint density at radius 2 is 2.14 bits per heavy atom. The monoisotopic (exact) mass is 199 g/mol. The number of nitrogens with one attached hydrogen (secondary N) is 1. The van der Waals surface area contributed by atoms with Gasteiger partial charge in [-0.15, -0.1) is 0 Å². The van der Waals surface area contributed by atoms with Gasteiger partial charge in [-0.1, -0.05) is 19.8 Å². The lowest BCUT2D eigenvalue weighted by atomic mass is 9.95. The summed E-state index contributed by atoms with van der Waals surface area (Å²) in [5.41, 5.74) is -0.0207. The van der Waals surface area contributed by atoms with Crippen molar-refractivity contribution in [2.24, 2.45) is 5.92 Å². The van der Waals surface area contributed by atoms with Gasteiger partial charge >= 0.3 is 0 Å². The maximum absolute atomic E-state index is 9.41. The second kappa shape index (κ2) is 5.13. The zero-order valence-corrected chi connectivity index (χ0v) is 9.84. The van der Waals surface area contributed by atoms with Gasteiger partial charge in [0.15, 0.2) is 0 Å². The van der Waals surface area contributed by atoms with Crippen molar-refractivity contribution in [2.45, 2.75) is 64.5 Å². The van der Waals surface area contributed by atoms with Crippen LogP contribution in [0.2, 0.25) is 0 Å². The van der Waals surface area contributed by atoms with Gasteiger partial charge in [0.25, 0.3) is 0 Å². The summed E-state index contributed by atoms with van der Waals surface area (Å²) >= 11 is 0. The topological polar surface area (TPSA) is 32.3 Å². The van der Waals surface area contributed by atoms with Gasteiger partial charge in [0.05, 0.1) is 6.61 Å². The molecular formula is C12H25NO. The molecule has 0 amide bonds. The zero-order valence-electron chi connectivity index (χ0n) is 9.84. The van der Waals surface area contributed by atoms with E-state index >= 15 is 0 Å². The Morgan fingerprint density at radius 1 is 1.50 bits per heavy atom. The number of rotatable bonds is 7. The fraction of sp³-hybridized carbons (Fsp3) is 1.00. The van der Waals surface area contributed by atoms with Gasteiger partial charge in [-0.05, 0) is 39.0 Å². The maximum atomic E-state index is 9.41. The molecule has 0 saturated heterocycles. The molecule has 0 heterocycles. The predicted molar refractivity (Wildman–Crippen MR) is 60.3 cm³/mol. The molecular weight excluding hydrogens is 174 g/mol. The maximum Gasteiger partial charge on any atom is 0.0613 e. The van der Waals surface area contributed by atoms with Gasteiger partial charge in [-0.3, -0.25) is 0 Å². The highest BCUT2D eigenvalue weighted by atomic mass is 16.3. The molecule has 2 unspecified atom stereocenters. The molecule has 0 aromatic rings. The molecule has 1 saturated carbocycles. The van der Waals surface area contributed by atoms with Crippen LogP contribution in [-0.2, 0) is 0 Å². The van der Waals surface area contributed by atoms with Gasteiger partial charge < -0.3 is 10.4 Å². The molecule has 1 aliphatic carbocycles. The minimum absolute atomic E-state index is 0.0207. The van der Waals surface area contributed by atoms with E-state index in [1.165, 1.54) is 32.1 Å². The molecule has 0 aromatic heterocycles. The van der Waals surface area contributed by atoms with Crippen molar-refractivity contribution in [3.05, 3.63) is 0 Å². The summed E-state index contributed by atoms with van der Waals surface area (Å²) < 4.78 is 0. The summed E-state index contributed by atoms with van der Waals surface area (Å²) in [7, 11) is 0. The van der Waals surface area contributed by atoms with Crippen molar-refractivity contribution in [3.63, 3.8) is 0 Å². The molecule has 2 atom stereocenters. The van der Waals surface area contributed by atoms with Crippen LogP contribution in [0.3, 0.4) is 0 Å². The average Bonchev–Trinajstić information content (AvgIpc) is 2.97. The third-order valence-corrected chi connectivity index (χ3v) is 3.37. The summed E-state index contributed by atoms with van der Waals surface area (Å²) in [6.45, 7) is 6.88. The van der Waals surface area contributed by atoms with Crippen molar-refractivity contribution in [2.75, 3.05) is 6.61 Å². The largest absolute Gasteiger partial charge is 0.394 e. The van der Waals surface area contributed by atoms with Crippen LogP contribution >= 0.6 is 0 Å². The molecule has 0 bridgehead atoms. The van der Waals surface area contributed by atoms with E-state index in [1.54, 1.807) is 0 Å². The number of aliphatic hydroxyl groups excluding tert-OH is 1. The van der Waals surface area contributed by atoms with Crippen LogP contribution in [0.1, 0.15) is 52.9 Å². The van der Waals surface area contributed by atoms with Crippen molar-refractivity contribution >= 4 is 0 Å². The van der Waals surface area contributed by atoms with Gasteiger partial charge in [0, 0.05) is 11.6 Å². The lowest BCUT2D eigenvalue weighted by molar-refractivity contribution is 0.142. The van der Waals surface area contributed by atoms with E-state index in [0.29, 0.717) is 12.0 Å². The van der Waals surface area contributed by atoms with Crippen LogP contribution in [0.25, 0.3) is 0 Å². The third kappa shape index (κ3) is 3.25. The van der Waals surface area contributed by atoms with E-state index in [9.17, 15) is 5.11 Å². The minimum atomic E-state index is -0.0207. The van der Waals surface area contributed by atoms with Crippen LogP contribution in [0.5, 0.6) is 0 Å². The van der Waals surface area contributed by atoms with Gasteiger partial charge in [0.1, 0.15) is 0 Å². The molecule has 2 heteroatoms. The first-order chi connectivity index (χ1) is 6.62. The van der Waals surface area contributed by atoms with Crippen molar-refractivity contribution in [1.29, 1.82) is 0 Å². The quantitative estimate of drug-likeness (QED) is 0.659. The Labute approximate surface area is 88.1 Å². The number of unbranched alkanes of at least 4 members (excludes halogenated alkanes) is 1. The molecule has 0 spiro atoms. The van der Waals surface area contributed by atoms with Crippen molar-refractivity contribution in [3.8, 4) is 0 Å². The summed E-state index contributed by atoms with van der Waals surface area (Å²) in [6, 6.07) is 0.535. The molecule has 84 valence electrons. The van der Waals surface area contributed by atoms with E-state index in [1.807, 2.05) is 0 Å². The van der Waals surface area contributed by atoms with Crippen molar-refractivity contribution in [1.82, 2.24) is 5.32 Å². The van der Waals surface area contributed by atoms with Crippen LogP contribution in [0.15, 0.2) is 0 Å². The minimum Gasteiger partial charge on any atom is -0.394 e. The first-order valence-electron chi connectivity index (χ1n) is 6.01. The lowest BCUT2D eigenvalue weighted by Crippen LogP contribution is -2.51. The van der Waals surface area contributed by atoms with Gasteiger partial charge in [0.2, 0.25) is 0 Å². The van der Waals surface area contributed by atoms with Gasteiger partial charge in [-0.25, -0.2) is 0 Å². The lowest BCUT2D eigenvalue weighted by Gasteiger charge is -2.32. The van der Waals surface area contributed by atoms with E-state index in [4.69, 9.17) is 0 Å². The van der Waals surface area contributed by atoms with Crippen LogP contribution < -0.4 is 5.32 Å². The molecule has 1 rings (SSSR count).